The standard InChI is InChI=1S/C20H25F3N4O/c1-14-5-2-3-11-27(14)12-4-6-19(28)24-18-13-17(25-26-18)15-7-9-16(10-8-15)20(21,22)23/h7-10,13-14H,2-6,11-12H2,1H3,(H2,24,25,26,28). The zero-order chi connectivity index (χ0) is 20.1. The van der Waals surface area contributed by atoms with Crippen LogP contribution in [0.4, 0.5) is 19.0 Å². The van der Waals surface area contributed by atoms with Crippen molar-refractivity contribution in [3.63, 3.8) is 0 Å². The van der Waals surface area contributed by atoms with Crippen LogP contribution in [0.5, 0.6) is 0 Å². The average Bonchev–Trinajstić information content (AvgIpc) is 3.11. The molecule has 1 aromatic carbocycles. The number of hydrogen-bond donors (Lipinski definition) is 2. The predicted octanol–water partition coefficient (Wildman–Crippen LogP) is 4.69. The molecule has 1 fully saturated rings. The maximum atomic E-state index is 12.6. The van der Waals surface area contributed by atoms with Crippen molar-refractivity contribution in [3.05, 3.63) is 35.9 Å². The van der Waals surface area contributed by atoms with Crippen molar-refractivity contribution in [1.29, 1.82) is 0 Å². The number of nitrogens with zero attached hydrogens (tertiary/aromatic N) is 2. The second-order valence-corrected chi connectivity index (χ2v) is 7.27. The van der Waals surface area contributed by atoms with Gasteiger partial charge in [0.2, 0.25) is 5.91 Å². The summed E-state index contributed by atoms with van der Waals surface area (Å²) in [6, 6.07) is 6.96. The van der Waals surface area contributed by atoms with Gasteiger partial charge in [-0.05, 0) is 51.4 Å². The third-order valence-corrected chi connectivity index (χ3v) is 5.15. The maximum absolute atomic E-state index is 12.6. The molecular weight excluding hydrogens is 369 g/mol. The van der Waals surface area contributed by atoms with Gasteiger partial charge in [-0.3, -0.25) is 9.89 Å². The zero-order valence-electron chi connectivity index (χ0n) is 15.9. The molecule has 152 valence electrons. The largest absolute Gasteiger partial charge is 0.416 e. The second kappa shape index (κ2) is 8.77. The fourth-order valence-corrected chi connectivity index (χ4v) is 3.51. The first kappa shape index (κ1) is 20.4. The van der Waals surface area contributed by atoms with Crippen molar-refractivity contribution in [2.45, 2.75) is 51.2 Å². The van der Waals surface area contributed by atoms with Crippen LogP contribution < -0.4 is 5.32 Å². The molecule has 1 amide bonds. The third kappa shape index (κ3) is 5.34. The van der Waals surface area contributed by atoms with E-state index in [1.807, 2.05) is 0 Å². The lowest BCUT2D eigenvalue weighted by Gasteiger charge is -2.33. The predicted molar refractivity (Wildman–Crippen MR) is 102 cm³/mol. The van der Waals surface area contributed by atoms with Crippen molar-refractivity contribution in [2.75, 3.05) is 18.4 Å². The fourth-order valence-electron chi connectivity index (χ4n) is 3.51. The summed E-state index contributed by atoms with van der Waals surface area (Å²) in [5, 5.41) is 9.54. The van der Waals surface area contributed by atoms with Crippen molar-refractivity contribution in [2.24, 2.45) is 0 Å². The summed E-state index contributed by atoms with van der Waals surface area (Å²) in [4.78, 5) is 14.6. The van der Waals surface area contributed by atoms with E-state index in [4.69, 9.17) is 0 Å². The highest BCUT2D eigenvalue weighted by Crippen LogP contribution is 2.31. The van der Waals surface area contributed by atoms with Gasteiger partial charge in [-0.1, -0.05) is 18.6 Å². The molecular formula is C20H25F3N4O. The lowest BCUT2D eigenvalue weighted by molar-refractivity contribution is -0.137. The lowest BCUT2D eigenvalue weighted by atomic mass is 10.0. The van der Waals surface area contributed by atoms with Crippen LogP contribution in [0, 0.1) is 0 Å². The fraction of sp³-hybridized carbons (Fsp3) is 0.500. The minimum Gasteiger partial charge on any atom is -0.311 e. The summed E-state index contributed by atoms with van der Waals surface area (Å²) in [5.41, 5.74) is 0.318. The van der Waals surface area contributed by atoms with E-state index in [9.17, 15) is 18.0 Å². The molecule has 2 aromatic rings. The van der Waals surface area contributed by atoms with Crippen LogP contribution in [-0.2, 0) is 11.0 Å². The minimum atomic E-state index is -4.37. The topological polar surface area (TPSA) is 61.0 Å². The van der Waals surface area contributed by atoms with Gasteiger partial charge in [0.25, 0.3) is 0 Å². The Bertz CT molecular complexity index is 785. The number of anilines is 1. The van der Waals surface area contributed by atoms with E-state index >= 15 is 0 Å². The first-order valence-corrected chi connectivity index (χ1v) is 9.60. The van der Waals surface area contributed by atoms with Crippen LogP contribution in [0.3, 0.4) is 0 Å². The molecule has 28 heavy (non-hydrogen) atoms. The molecule has 8 heteroatoms. The van der Waals surface area contributed by atoms with Crippen LogP contribution in [0.1, 0.15) is 44.6 Å². The van der Waals surface area contributed by atoms with Crippen molar-refractivity contribution in [1.82, 2.24) is 15.1 Å². The molecule has 0 radical (unpaired) electrons. The Balaban J connectivity index is 1.49. The van der Waals surface area contributed by atoms with Gasteiger partial charge < -0.3 is 10.2 Å². The average molecular weight is 394 g/mol. The number of aromatic amines is 1. The normalized spacial score (nSPS) is 18.2. The summed E-state index contributed by atoms with van der Waals surface area (Å²) < 4.78 is 37.9. The third-order valence-electron chi connectivity index (χ3n) is 5.15. The second-order valence-electron chi connectivity index (χ2n) is 7.27. The Morgan fingerprint density at radius 1 is 1.29 bits per heavy atom. The molecule has 3 rings (SSSR count). The Morgan fingerprint density at radius 3 is 2.71 bits per heavy atom. The van der Waals surface area contributed by atoms with Gasteiger partial charge >= 0.3 is 6.18 Å². The van der Waals surface area contributed by atoms with Crippen molar-refractivity contribution >= 4 is 11.7 Å². The summed E-state index contributed by atoms with van der Waals surface area (Å²) in [6.45, 7) is 4.24. The molecule has 1 saturated heterocycles. The first-order chi connectivity index (χ1) is 13.3. The molecule has 0 bridgehead atoms. The molecule has 1 atom stereocenters. The van der Waals surface area contributed by atoms with E-state index in [-0.39, 0.29) is 5.91 Å². The number of piperidine rings is 1. The highest BCUT2D eigenvalue weighted by Gasteiger charge is 2.30. The molecule has 1 unspecified atom stereocenters. The Kier molecular flexibility index (Phi) is 6.39. The number of nitrogens with one attached hydrogen (secondary N) is 2. The van der Waals surface area contributed by atoms with Crippen molar-refractivity contribution in [3.8, 4) is 11.3 Å². The molecule has 5 nitrogen and oxygen atoms in total. The number of carbonyl (C=O) groups excluding carboxylic acids is 1. The van der Waals surface area contributed by atoms with Crippen LogP contribution in [-0.4, -0.2) is 40.1 Å². The van der Waals surface area contributed by atoms with E-state index < -0.39 is 11.7 Å². The van der Waals surface area contributed by atoms with Crippen LogP contribution >= 0.6 is 0 Å². The van der Waals surface area contributed by atoms with Crippen LogP contribution in [0.25, 0.3) is 11.3 Å². The first-order valence-electron chi connectivity index (χ1n) is 9.60. The van der Waals surface area contributed by atoms with E-state index in [0.29, 0.717) is 29.5 Å². The molecule has 0 spiro atoms. The van der Waals surface area contributed by atoms with Gasteiger partial charge in [-0.25, -0.2) is 0 Å². The number of alkyl halides is 3. The summed E-state index contributed by atoms with van der Waals surface area (Å²) in [7, 11) is 0. The molecule has 2 heterocycles. The summed E-state index contributed by atoms with van der Waals surface area (Å²) in [6.07, 6.45) is 0.548. The van der Waals surface area contributed by atoms with Crippen LogP contribution in [0.15, 0.2) is 30.3 Å². The number of likely N-dealkylation sites (tertiary alicyclic amines) is 1. The van der Waals surface area contributed by atoms with Gasteiger partial charge in [-0.2, -0.15) is 18.3 Å². The van der Waals surface area contributed by atoms with E-state index in [0.717, 1.165) is 31.6 Å². The van der Waals surface area contributed by atoms with E-state index in [2.05, 4.69) is 27.3 Å². The highest BCUT2D eigenvalue weighted by atomic mass is 19.4. The number of carbonyl (C=O) groups is 1. The quantitative estimate of drug-likeness (QED) is 0.747. The van der Waals surface area contributed by atoms with E-state index in [1.165, 1.54) is 31.4 Å². The zero-order valence-corrected chi connectivity index (χ0v) is 15.9. The smallest absolute Gasteiger partial charge is 0.311 e. The van der Waals surface area contributed by atoms with Gasteiger partial charge in [0.15, 0.2) is 0 Å². The Labute approximate surface area is 162 Å². The number of aromatic nitrogens is 2. The van der Waals surface area contributed by atoms with Gasteiger partial charge in [-0.15, -0.1) is 0 Å². The Hall–Kier alpha value is -2.35. The number of rotatable bonds is 6. The highest BCUT2D eigenvalue weighted by molar-refractivity contribution is 5.90. The maximum Gasteiger partial charge on any atom is 0.416 e. The molecule has 0 saturated carbocycles. The number of amides is 1. The van der Waals surface area contributed by atoms with Crippen LogP contribution in [0.2, 0.25) is 0 Å². The lowest BCUT2D eigenvalue weighted by Crippen LogP contribution is -2.38. The number of benzene rings is 1. The van der Waals surface area contributed by atoms with Gasteiger partial charge in [0, 0.05) is 24.1 Å². The monoisotopic (exact) mass is 394 g/mol. The summed E-state index contributed by atoms with van der Waals surface area (Å²) in [5.74, 6) is 0.332. The minimum absolute atomic E-state index is 0.104. The summed E-state index contributed by atoms with van der Waals surface area (Å²) >= 11 is 0. The Morgan fingerprint density at radius 2 is 2.04 bits per heavy atom. The van der Waals surface area contributed by atoms with Crippen molar-refractivity contribution < 1.29 is 18.0 Å². The van der Waals surface area contributed by atoms with E-state index in [1.54, 1.807) is 6.07 Å². The SMILES string of the molecule is CC1CCCCN1CCCC(=O)Nc1cc(-c2ccc(C(F)(F)F)cc2)n[nH]1. The molecule has 1 aromatic heterocycles. The molecule has 1 aliphatic heterocycles. The molecule has 0 aliphatic carbocycles. The molecule has 1 aliphatic rings. The molecule has 2 N–H and O–H groups in total. The number of H-pyrrole nitrogens is 1. The van der Waals surface area contributed by atoms with Gasteiger partial charge in [0.1, 0.15) is 5.82 Å². The number of hydrogen-bond acceptors (Lipinski definition) is 3. The van der Waals surface area contributed by atoms with Gasteiger partial charge in [0.05, 0.1) is 11.3 Å². The number of halogens is 3.